The second-order valence-corrected chi connectivity index (χ2v) is 2.97. The van der Waals surface area contributed by atoms with E-state index in [1.807, 2.05) is 0 Å². The highest BCUT2D eigenvalue weighted by Gasteiger charge is 2.13. The Labute approximate surface area is 85.4 Å². The molecule has 76 valence electrons. The molecule has 0 unspecified atom stereocenters. The van der Waals surface area contributed by atoms with Crippen molar-refractivity contribution in [1.29, 1.82) is 0 Å². The molecule has 0 aromatic carbocycles. The molecule has 2 rings (SSSR count). The van der Waals surface area contributed by atoms with Crippen molar-refractivity contribution in [3.05, 3.63) is 36.2 Å². The zero-order valence-corrected chi connectivity index (χ0v) is 7.75. The fourth-order valence-corrected chi connectivity index (χ4v) is 1.26. The molecule has 0 aliphatic carbocycles. The van der Waals surface area contributed by atoms with Gasteiger partial charge < -0.3 is 9.63 Å². The summed E-state index contributed by atoms with van der Waals surface area (Å²) in [5.41, 5.74) is 1.12. The van der Waals surface area contributed by atoms with Gasteiger partial charge in [0, 0.05) is 11.8 Å². The first-order valence-electron chi connectivity index (χ1n) is 4.34. The molecule has 0 radical (unpaired) electrons. The topological polar surface area (TPSA) is 76.2 Å². The molecule has 5 nitrogen and oxygen atoms in total. The van der Waals surface area contributed by atoms with E-state index in [4.69, 9.17) is 9.63 Å². The van der Waals surface area contributed by atoms with E-state index < -0.39 is 5.97 Å². The summed E-state index contributed by atoms with van der Waals surface area (Å²) in [6.45, 7) is 0. The van der Waals surface area contributed by atoms with Crippen LogP contribution in [0, 0.1) is 0 Å². The van der Waals surface area contributed by atoms with Crippen molar-refractivity contribution in [2.24, 2.45) is 0 Å². The second-order valence-electron chi connectivity index (χ2n) is 2.97. The lowest BCUT2D eigenvalue weighted by atomic mass is 10.1. The van der Waals surface area contributed by atoms with Crippen LogP contribution in [0.15, 0.2) is 35.1 Å². The molecule has 5 heteroatoms. The van der Waals surface area contributed by atoms with E-state index in [-0.39, 0.29) is 6.42 Å². The van der Waals surface area contributed by atoms with Crippen LogP contribution in [-0.2, 0) is 11.2 Å². The van der Waals surface area contributed by atoms with E-state index in [1.165, 1.54) is 6.20 Å². The smallest absolute Gasteiger partial charge is 0.308 e. The minimum atomic E-state index is -0.921. The van der Waals surface area contributed by atoms with Crippen molar-refractivity contribution in [3.63, 3.8) is 0 Å². The summed E-state index contributed by atoms with van der Waals surface area (Å²) in [7, 11) is 0. The Morgan fingerprint density at radius 1 is 1.47 bits per heavy atom. The average molecular weight is 204 g/mol. The van der Waals surface area contributed by atoms with Crippen LogP contribution < -0.4 is 0 Å². The number of carboxylic acids is 1. The van der Waals surface area contributed by atoms with Gasteiger partial charge in [0.1, 0.15) is 5.69 Å². The Kier molecular flexibility index (Phi) is 2.45. The largest absolute Gasteiger partial charge is 0.481 e. The molecule has 2 aromatic heterocycles. The van der Waals surface area contributed by atoms with Crippen molar-refractivity contribution in [2.75, 3.05) is 0 Å². The maximum atomic E-state index is 10.6. The van der Waals surface area contributed by atoms with E-state index in [2.05, 4.69) is 10.1 Å². The summed E-state index contributed by atoms with van der Waals surface area (Å²) in [5.74, 6) is -0.506. The summed E-state index contributed by atoms with van der Waals surface area (Å²) in [4.78, 5) is 14.6. The van der Waals surface area contributed by atoms with Crippen molar-refractivity contribution >= 4 is 5.97 Å². The van der Waals surface area contributed by atoms with Crippen LogP contribution in [0.25, 0.3) is 11.5 Å². The number of pyridine rings is 1. The monoisotopic (exact) mass is 204 g/mol. The summed E-state index contributed by atoms with van der Waals surface area (Å²) in [6, 6.07) is 5.32. The standard InChI is InChI=1S/C10H8N2O3/c13-9(14)5-7-6-12-15-10(7)8-3-1-2-4-11-8/h1-4,6H,5H2,(H,13,14). The van der Waals surface area contributed by atoms with Crippen molar-refractivity contribution in [1.82, 2.24) is 10.1 Å². The molecule has 2 aromatic rings. The molecule has 0 atom stereocenters. The zero-order valence-electron chi connectivity index (χ0n) is 7.75. The number of hydrogen-bond acceptors (Lipinski definition) is 4. The molecule has 0 bridgehead atoms. The summed E-state index contributed by atoms with van der Waals surface area (Å²) >= 11 is 0. The van der Waals surface area contributed by atoms with Crippen LogP contribution in [0.1, 0.15) is 5.56 Å². The second kappa shape index (κ2) is 3.91. The van der Waals surface area contributed by atoms with E-state index >= 15 is 0 Å². The molecule has 0 spiro atoms. The van der Waals surface area contributed by atoms with E-state index in [1.54, 1.807) is 24.4 Å². The molecule has 0 saturated heterocycles. The lowest BCUT2D eigenvalue weighted by molar-refractivity contribution is -0.136. The summed E-state index contributed by atoms with van der Waals surface area (Å²) < 4.78 is 4.98. The van der Waals surface area contributed by atoms with Crippen LogP contribution >= 0.6 is 0 Å². The molecule has 0 saturated carbocycles. The molecule has 2 heterocycles. The molecule has 0 aliphatic heterocycles. The fraction of sp³-hybridized carbons (Fsp3) is 0.100. The van der Waals surface area contributed by atoms with E-state index in [0.29, 0.717) is 17.0 Å². The highest BCUT2D eigenvalue weighted by atomic mass is 16.5. The van der Waals surface area contributed by atoms with Gasteiger partial charge in [-0.2, -0.15) is 0 Å². The van der Waals surface area contributed by atoms with Gasteiger partial charge in [0.2, 0.25) is 0 Å². The average Bonchev–Trinajstić information content (AvgIpc) is 2.66. The van der Waals surface area contributed by atoms with Gasteiger partial charge in [0.15, 0.2) is 5.76 Å². The van der Waals surface area contributed by atoms with Gasteiger partial charge in [-0.05, 0) is 12.1 Å². The van der Waals surface area contributed by atoms with Gasteiger partial charge in [-0.15, -0.1) is 0 Å². The zero-order chi connectivity index (χ0) is 10.7. The predicted molar refractivity (Wildman–Crippen MR) is 51.1 cm³/mol. The Morgan fingerprint density at radius 3 is 3.00 bits per heavy atom. The molecule has 0 amide bonds. The van der Waals surface area contributed by atoms with Gasteiger partial charge >= 0.3 is 5.97 Å². The van der Waals surface area contributed by atoms with Gasteiger partial charge in [0.05, 0.1) is 12.6 Å². The fourth-order valence-electron chi connectivity index (χ4n) is 1.26. The minimum absolute atomic E-state index is 0.116. The summed E-state index contributed by atoms with van der Waals surface area (Å²) in [5, 5.41) is 12.2. The van der Waals surface area contributed by atoms with Gasteiger partial charge in [0.25, 0.3) is 0 Å². The predicted octanol–water partition coefficient (Wildman–Crippen LogP) is 1.36. The first kappa shape index (κ1) is 9.39. The van der Waals surface area contributed by atoms with E-state index in [9.17, 15) is 4.79 Å². The Morgan fingerprint density at radius 2 is 2.33 bits per heavy atom. The Bertz CT molecular complexity index is 465. The lowest BCUT2D eigenvalue weighted by Crippen LogP contribution is -2.00. The molecule has 1 N–H and O–H groups in total. The van der Waals surface area contributed by atoms with Crippen LogP contribution in [0.3, 0.4) is 0 Å². The first-order chi connectivity index (χ1) is 7.27. The van der Waals surface area contributed by atoms with Crippen LogP contribution in [0.5, 0.6) is 0 Å². The SMILES string of the molecule is O=C(O)Cc1cnoc1-c1ccccn1. The maximum Gasteiger partial charge on any atom is 0.308 e. The number of hydrogen-bond donors (Lipinski definition) is 1. The third kappa shape index (κ3) is 2.01. The molecule has 0 aliphatic rings. The van der Waals surface area contributed by atoms with Crippen LogP contribution in [0.2, 0.25) is 0 Å². The lowest BCUT2D eigenvalue weighted by Gasteiger charge is -1.96. The van der Waals surface area contributed by atoms with Crippen LogP contribution in [-0.4, -0.2) is 21.2 Å². The number of carbonyl (C=O) groups is 1. The number of aromatic nitrogens is 2. The number of aliphatic carboxylic acids is 1. The van der Waals surface area contributed by atoms with E-state index in [0.717, 1.165) is 0 Å². The van der Waals surface area contributed by atoms with Crippen LogP contribution in [0.4, 0.5) is 0 Å². The number of carboxylic acid groups (broad SMARTS) is 1. The van der Waals surface area contributed by atoms with Gasteiger partial charge in [-0.25, -0.2) is 0 Å². The molecular formula is C10H8N2O3. The Hall–Kier alpha value is -2.17. The Balaban J connectivity index is 2.37. The van der Waals surface area contributed by atoms with Crippen molar-refractivity contribution in [2.45, 2.75) is 6.42 Å². The van der Waals surface area contributed by atoms with Crippen molar-refractivity contribution < 1.29 is 14.4 Å². The van der Waals surface area contributed by atoms with Gasteiger partial charge in [-0.3, -0.25) is 9.78 Å². The first-order valence-corrected chi connectivity index (χ1v) is 4.34. The maximum absolute atomic E-state index is 10.6. The molecule has 15 heavy (non-hydrogen) atoms. The van der Waals surface area contributed by atoms with Crippen molar-refractivity contribution in [3.8, 4) is 11.5 Å². The summed E-state index contributed by atoms with van der Waals surface area (Å²) in [6.07, 6.45) is 2.90. The highest BCUT2D eigenvalue weighted by molar-refractivity contribution is 5.73. The minimum Gasteiger partial charge on any atom is -0.481 e. The highest BCUT2D eigenvalue weighted by Crippen LogP contribution is 2.21. The normalized spacial score (nSPS) is 10.1. The number of nitrogens with zero attached hydrogens (tertiary/aromatic N) is 2. The third-order valence-corrected chi connectivity index (χ3v) is 1.88. The van der Waals surface area contributed by atoms with Gasteiger partial charge in [-0.1, -0.05) is 11.2 Å². The third-order valence-electron chi connectivity index (χ3n) is 1.88. The molecular weight excluding hydrogens is 196 g/mol. The number of rotatable bonds is 3. The quantitative estimate of drug-likeness (QED) is 0.816. The molecule has 0 fully saturated rings.